The van der Waals surface area contributed by atoms with Crippen LogP contribution in [0.2, 0.25) is 5.02 Å². The minimum Gasteiger partial charge on any atom is -0.383 e. The topological polar surface area (TPSA) is 60.2 Å². The molecular formula is C26H27ClN4O2. The molecule has 0 atom stereocenters. The van der Waals surface area contributed by atoms with E-state index in [0.29, 0.717) is 30.4 Å². The van der Waals surface area contributed by atoms with Gasteiger partial charge in [0.2, 0.25) is 0 Å². The van der Waals surface area contributed by atoms with Crippen molar-refractivity contribution in [1.82, 2.24) is 19.7 Å². The molecule has 0 N–H and O–H groups in total. The van der Waals surface area contributed by atoms with E-state index in [-0.39, 0.29) is 5.91 Å². The van der Waals surface area contributed by atoms with E-state index in [1.54, 1.807) is 23.7 Å². The van der Waals surface area contributed by atoms with Crippen LogP contribution in [-0.2, 0) is 18.3 Å². The molecule has 0 spiro atoms. The molecule has 0 bridgehead atoms. The predicted molar refractivity (Wildman–Crippen MR) is 131 cm³/mol. The number of carbonyl (C=O) groups excluding carboxylic acids is 1. The molecule has 2 heterocycles. The fraction of sp³-hybridized carbons (Fsp3) is 0.269. The van der Waals surface area contributed by atoms with Crippen molar-refractivity contribution in [2.75, 3.05) is 20.3 Å². The van der Waals surface area contributed by atoms with E-state index >= 15 is 0 Å². The zero-order valence-electron chi connectivity index (χ0n) is 19.3. The van der Waals surface area contributed by atoms with Gasteiger partial charge in [0.25, 0.3) is 5.91 Å². The highest BCUT2D eigenvalue weighted by atomic mass is 35.5. The number of carbonyl (C=O) groups is 1. The number of aryl methyl sites for hydroxylation is 3. The number of amides is 1. The van der Waals surface area contributed by atoms with Crippen LogP contribution in [0.25, 0.3) is 22.2 Å². The Balaban J connectivity index is 1.81. The van der Waals surface area contributed by atoms with E-state index in [4.69, 9.17) is 21.3 Å². The molecule has 0 aliphatic heterocycles. The van der Waals surface area contributed by atoms with Crippen molar-refractivity contribution in [3.05, 3.63) is 82.1 Å². The third-order valence-electron chi connectivity index (χ3n) is 5.58. The van der Waals surface area contributed by atoms with Gasteiger partial charge in [0.05, 0.1) is 23.5 Å². The minimum absolute atomic E-state index is 0.0958. The molecule has 33 heavy (non-hydrogen) atoms. The molecular weight excluding hydrogens is 436 g/mol. The monoisotopic (exact) mass is 462 g/mol. The Hall–Kier alpha value is -3.22. The van der Waals surface area contributed by atoms with Crippen molar-refractivity contribution in [2.24, 2.45) is 7.05 Å². The first kappa shape index (κ1) is 23.0. The molecule has 4 rings (SSSR count). The number of aromatic nitrogens is 3. The number of rotatable bonds is 7. The Morgan fingerprint density at radius 3 is 2.64 bits per heavy atom. The van der Waals surface area contributed by atoms with E-state index in [1.807, 2.05) is 43.3 Å². The van der Waals surface area contributed by atoms with Gasteiger partial charge in [0.15, 0.2) is 0 Å². The highest BCUT2D eigenvalue weighted by Gasteiger charge is 2.22. The molecule has 0 saturated carbocycles. The SMILES string of the molecule is COCCN(Cc1cc2ccc(Cl)cc2nc1-c1cccc(C)c1)C(=O)c1cc(C)nn1C. The summed E-state index contributed by atoms with van der Waals surface area (Å²) in [7, 11) is 3.42. The van der Waals surface area contributed by atoms with Crippen LogP contribution < -0.4 is 0 Å². The number of hydrogen-bond acceptors (Lipinski definition) is 4. The summed E-state index contributed by atoms with van der Waals surface area (Å²) in [6.07, 6.45) is 0. The fourth-order valence-corrected chi connectivity index (χ4v) is 4.15. The summed E-state index contributed by atoms with van der Waals surface area (Å²) >= 11 is 6.23. The summed E-state index contributed by atoms with van der Waals surface area (Å²) in [5.41, 5.74) is 6.11. The first-order valence-electron chi connectivity index (χ1n) is 10.8. The molecule has 7 heteroatoms. The second-order valence-corrected chi connectivity index (χ2v) is 8.65. The standard InChI is InChI=1S/C26H27ClN4O2/c1-17-6-5-7-20(12-17)25-21(14-19-8-9-22(27)15-23(19)28-25)16-31(10-11-33-4)26(32)24-13-18(2)29-30(24)3/h5-9,12-15H,10-11,16H2,1-4H3. The quantitative estimate of drug-likeness (QED) is 0.379. The van der Waals surface area contributed by atoms with Gasteiger partial charge < -0.3 is 9.64 Å². The largest absolute Gasteiger partial charge is 0.383 e. The van der Waals surface area contributed by atoms with Crippen LogP contribution in [0.4, 0.5) is 0 Å². The van der Waals surface area contributed by atoms with Crippen LogP contribution in [0.1, 0.15) is 27.3 Å². The van der Waals surface area contributed by atoms with E-state index in [2.05, 4.69) is 30.2 Å². The van der Waals surface area contributed by atoms with Crippen molar-refractivity contribution >= 4 is 28.4 Å². The first-order chi connectivity index (χ1) is 15.9. The summed E-state index contributed by atoms with van der Waals surface area (Å²) in [5.74, 6) is -0.0958. The zero-order valence-corrected chi connectivity index (χ0v) is 20.1. The van der Waals surface area contributed by atoms with Crippen molar-refractivity contribution in [1.29, 1.82) is 0 Å². The van der Waals surface area contributed by atoms with Gasteiger partial charge in [0, 0.05) is 43.2 Å². The van der Waals surface area contributed by atoms with Gasteiger partial charge in [-0.15, -0.1) is 0 Å². The maximum absolute atomic E-state index is 13.5. The highest BCUT2D eigenvalue weighted by molar-refractivity contribution is 6.31. The fourth-order valence-electron chi connectivity index (χ4n) is 3.98. The normalized spacial score (nSPS) is 11.2. The molecule has 170 valence electrons. The molecule has 1 amide bonds. The van der Waals surface area contributed by atoms with Crippen LogP contribution >= 0.6 is 11.6 Å². The van der Waals surface area contributed by atoms with Gasteiger partial charge in [-0.25, -0.2) is 4.98 Å². The molecule has 6 nitrogen and oxygen atoms in total. The highest BCUT2D eigenvalue weighted by Crippen LogP contribution is 2.29. The van der Waals surface area contributed by atoms with E-state index in [0.717, 1.165) is 39.0 Å². The predicted octanol–water partition coefficient (Wildman–Crippen LogP) is 5.19. The van der Waals surface area contributed by atoms with Crippen LogP contribution in [-0.4, -0.2) is 45.8 Å². The van der Waals surface area contributed by atoms with Crippen LogP contribution in [0.15, 0.2) is 54.6 Å². The molecule has 2 aromatic carbocycles. The van der Waals surface area contributed by atoms with Gasteiger partial charge >= 0.3 is 0 Å². The third kappa shape index (κ3) is 5.07. The Kier molecular flexibility index (Phi) is 6.77. The Morgan fingerprint density at radius 2 is 1.94 bits per heavy atom. The van der Waals surface area contributed by atoms with Gasteiger partial charge in [-0.1, -0.05) is 41.4 Å². The second-order valence-electron chi connectivity index (χ2n) is 8.22. The smallest absolute Gasteiger partial charge is 0.272 e. The van der Waals surface area contributed by atoms with Crippen LogP contribution in [0, 0.1) is 13.8 Å². The summed E-state index contributed by atoms with van der Waals surface area (Å²) < 4.78 is 6.92. The minimum atomic E-state index is -0.0958. The summed E-state index contributed by atoms with van der Waals surface area (Å²) in [4.78, 5) is 20.2. The number of pyridine rings is 1. The number of hydrogen-bond donors (Lipinski definition) is 0. The van der Waals surface area contributed by atoms with Crippen molar-refractivity contribution < 1.29 is 9.53 Å². The molecule has 0 aliphatic rings. The maximum atomic E-state index is 13.5. The number of halogens is 1. The average molecular weight is 463 g/mol. The van der Waals surface area contributed by atoms with E-state index in [9.17, 15) is 4.79 Å². The maximum Gasteiger partial charge on any atom is 0.272 e. The average Bonchev–Trinajstić information content (AvgIpc) is 3.13. The van der Waals surface area contributed by atoms with E-state index in [1.165, 1.54) is 0 Å². The number of fused-ring (bicyclic) bond motifs is 1. The molecule has 0 unspecified atom stereocenters. The lowest BCUT2D eigenvalue weighted by molar-refractivity contribution is 0.0670. The van der Waals surface area contributed by atoms with Crippen LogP contribution in [0.5, 0.6) is 0 Å². The summed E-state index contributed by atoms with van der Waals surface area (Å²) in [6.45, 7) is 5.20. The number of ether oxygens (including phenoxy) is 1. The van der Waals surface area contributed by atoms with Gasteiger partial charge in [0.1, 0.15) is 5.69 Å². The summed E-state index contributed by atoms with van der Waals surface area (Å²) in [6, 6.07) is 17.8. The van der Waals surface area contributed by atoms with Gasteiger partial charge in [-0.3, -0.25) is 9.48 Å². The Bertz CT molecular complexity index is 1320. The van der Waals surface area contributed by atoms with Crippen molar-refractivity contribution in [3.8, 4) is 11.3 Å². The molecule has 2 aromatic heterocycles. The molecule has 0 aliphatic carbocycles. The third-order valence-corrected chi connectivity index (χ3v) is 5.82. The van der Waals surface area contributed by atoms with Gasteiger partial charge in [-0.2, -0.15) is 5.10 Å². The Labute approximate surface area is 198 Å². The number of methoxy groups -OCH3 is 1. The van der Waals surface area contributed by atoms with Crippen molar-refractivity contribution in [3.63, 3.8) is 0 Å². The van der Waals surface area contributed by atoms with Gasteiger partial charge in [-0.05, 0) is 49.7 Å². The lowest BCUT2D eigenvalue weighted by Gasteiger charge is -2.24. The first-order valence-corrected chi connectivity index (χ1v) is 11.2. The molecule has 0 saturated heterocycles. The molecule has 4 aromatic rings. The molecule has 0 radical (unpaired) electrons. The van der Waals surface area contributed by atoms with E-state index < -0.39 is 0 Å². The number of benzene rings is 2. The summed E-state index contributed by atoms with van der Waals surface area (Å²) in [5, 5.41) is 5.95. The lowest BCUT2D eigenvalue weighted by Crippen LogP contribution is -2.35. The lowest BCUT2D eigenvalue weighted by atomic mass is 10.0. The molecule has 0 fully saturated rings. The zero-order chi connectivity index (χ0) is 23.5. The second kappa shape index (κ2) is 9.73. The number of nitrogens with zero attached hydrogens (tertiary/aromatic N) is 4. The van der Waals surface area contributed by atoms with Crippen molar-refractivity contribution in [2.45, 2.75) is 20.4 Å². The Morgan fingerprint density at radius 1 is 1.12 bits per heavy atom. The van der Waals surface area contributed by atoms with Crippen LogP contribution in [0.3, 0.4) is 0 Å².